The van der Waals surface area contributed by atoms with Crippen molar-refractivity contribution in [2.24, 2.45) is 0 Å². The van der Waals surface area contributed by atoms with E-state index >= 15 is 0 Å². The number of ether oxygens (including phenoxy) is 1. The van der Waals surface area contributed by atoms with Gasteiger partial charge in [0.15, 0.2) is 0 Å². The minimum atomic E-state index is -0.0143. The first-order valence-electron chi connectivity index (χ1n) is 6.42. The van der Waals surface area contributed by atoms with Gasteiger partial charge in [-0.25, -0.2) is 0 Å². The molecule has 0 aliphatic rings. The minimum absolute atomic E-state index is 0.0143. The fraction of sp³-hybridized carbons (Fsp3) is 0.267. The van der Waals surface area contributed by atoms with Gasteiger partial charge in [-0.15, -0.1) is 0 Å². The maximum absolute atomic E-state index is 11.5. The van der Waals surface area contributed by atoms with E-state index in [-0.39, 0.29) is 5.56 Å². The van der Waals surface area contributed by atoms with Gasteiger partial charge in [-0.2, -0.15) is 0 Å². The second-order valence-corrected chi connectivity index (χ2v) is 5.23. The first-order valence-corrected chi connectivity index (χ1v) is 7.21. The highest BCUT2D eigenvalue weighted by molar-refractivity contribution is 9.10. The summed E-state index contributed by atoms with van der Waals surface area (Å²) in [7, 11) is 1.91. The van der Waals surface area contributed by atoms with Crippen LogP contribution in [0, 0.1) is 0 Å². The third-order valence-electron chi connectivity index (χ3n) is 2.87. The average Bonchev–Trinajstić information content (AvgIpc) is 2.43. The fourth-order valence-electron chi connectivity index (χ4n) is 1.87. The van der Waals surface area contributed by atoms with Crippen LogP contribution in [0.2, 0.25) is 0 Å². The Labute approximate surface area is 126 Å². The number of hydrogen-bond acceptors (Lipinski definition) is 3. The van der Waals surface area contributed by atoms with Gasteiger partial charge in [0.25, 0.3) is 5.56 Å². The molecule has 1 aromatic carbocycles. The predicted molar refractivity (Wildman–Crippen MR) is 83.1 cm³/mol. The van der Waals surface area contributed by atoms with Crippen molar-refractivity contribution < 1.29 is 4.74 Å². The van der Waals surface area contributed by atoms with E-state index < -0.39 is 0 Å². The van der Waals surface area contributed by atoms with Crippen molar-refractivity contribution in [2.75, 3.05) is 13.7 Å². The molecule has 0 saturated carbocycles. The number of hydrogen-bond donors (Lipinski definition) is 1. The predicted octanol–water partition coefficient (Wildman–Crippen LogP) is 2.41. The van der Waals surface area contributed by atoms with Crippen LogP contribution >= 0.6 is 15.9 Å². The van der Waals surface area contributed by atoms with Crippen LogP contribution in [-0.2, 0) is 13.1 Å². The first-order chi connectivity index (χ1) is 9.70. The summed E-state index contributed by atoms with van der Waals surface area (Å²) in [6, 6.07) is 11.1. The zero-order valence-electron chi connectivity index (χ0n) is 11.3. The van der Waals surface area contributed by atoms with E-state index in [1.165, 1.54) is 5.56 Å². The van der Waals surface area contributed by atoms with Crippen molar-refractivity contribution in [3.8, 4) is 5.75 Å². The lowest BCUT2D eigenvalue weighted by atomic mass is 10.2. The molecular weight excluding hydrogens is 320 g/mol. The Morgan fingerprint density at radius 3 is 2.85 bits per heavy atom. The molecule has 1 aromatic heterocycles. The molecule has 20 heavy (non-hydrogen) atoms. The van der Waals surface area contributed by atoms with Crippen molar-refractivity contribution in [3.63, 3.8) is 0 Å². The second-order valence-electron chi connectivity index (χ2n) is 4.38. The van der Waals surface area contributed by atoms with Crippen LogP contribution in [0.1, 0.15) is 5.56 Å². The average molecular weight is 337 g/mol. The van der Waals surface area contributed by atoms with Gasteiger partial charge in [-0.3, -0.25) is 4.79 Å². The van der Waals surface area contributed by atoms with Crippen LogP contribution in [0.15, 0.2) is 51.9 Å². The van der Waals surface area contributed by atoms with Crippen molar-refractivity contribution in [1.82, 2.24) is 9.88 Å². The van der Waals surface area contributed by atoms with E-state index in [0.717, 1.165) is 16.8 Å². The zero-order chi connectivity index (χ0) is 14.4. The third-order valence-corrected chi connectivity index (χ3v) is 3.49. The maximum atomic E-state index is 11.5. The van der Waals surface area contributed by atoms with E-state index in [9.17, 15) is 4.79 Å². The van der Waals surface area contributed by atoms with Crippen LogP contribution in [0.25, 0.3) is 0 Å². The zero-order valence-corrected chi connectivity index (χ0v) is 12.9. The minimum Gasteiger partial charge on any atom is -0.491 e. The van der Waals surface area contributed by atoms with Gasteiger partial charge >= 0.3 is 0 Å². The lowest BCUT2D eigenvalue weighted by Gasteiger charge is -2.10. The van der Waals surface area contributed by atoms with E-state index in [1.807, 2.05) is 31.3 Å². The van der Waals surface area contributed by atoms with Gasteiger partial charge in [0.2, 0.25) is 0 Å². The van der Waals surface area contributed by atoms with Gasteiger partial charge in [0.1, 0.15) is 12.4 Å². The molecule has 0 atom stereocenters. The molecule has 0 aliphatic carbocycles. The normalized spacial score (nSPS) is 10.5. The highest BCUT2D eigenvalue weighted by Crippen LogP contribution is 2.25. The number of rotatable bonds is 6. The number of nitrogens with zero attached hydrogens (tertiary/aromatic N) is 1. The second kappa shape index (κ2) is 7.26. The van der Waals surface area contributed by atoms with Crippen molar-refractivity contribution in [3.05, 3.63) is 63.0 Å². The number of aromatic nitrogens is 1. The van der Waals surface area contributed by atoms with Crippen LogP contribution in [0.5, 0.6) is 5.75 Å². The van der Waals surface area contributed by atoms with Crippen LogP contribution in [-0.4, -0.2) is 18.2 Å². The van der Waals surface area contributed by atoms with Crippen LogP contribution < -0.4 is 15.6 Å². The van der Waals surface area contributed by atoms with E-state index in [2.05, 4.69) is 21.2 Å². The molecule has 1 heterocycles. The first kappa shape index (κ1) is 14.8. The van der Waals surface area contributed by atoms with Gasteiger partial charge in [-0.05, 0) is 46.7 Å². The topological polar surface area (TPSA) is 43.3 Å². The summed E-state index contributed by atoms with van der Waals surface area (Å²) in [6.45, 7) is 1.80. The molecule has 0 fully saturated rings. The summed E-state index contributed by atoms with van der Waals surface area (Å²) in [5.41, 5.74) is 1.17. The molecule has 0 amide bonds. The molecular formula is C15H17BrN2O2. The molecule has 2 rings (SSSR count). The Balaban J connectivity index is 1.94. The standard InChI is InChI=1S/C15H17BrN2O2/c1-17-11-12-5-6-14(13(16)10-12)20-9-8-18-7-3-2-4-15(18)19/h2-7,10,17H,8-9,11H2,1H3. The summed E-state index contributed by atoms with van der Waals surface area (Å²) in [5, 5.41) is 3.10. The largest absolute Gasteiger partial charge is 0.491 e. The van der Waals surface area contributed by atoms with E-state index in [1.54, 1.807) is 22.9 Å². The number of benzene rings is 1. The van der Waals surface area contributed by atoms with Gasteiger partial charge in [-0.1, -0.05) is 12.1 Å². The maximum Gasteiger partial charge on any atom is 0.250 e. The number of halogens is 1. The lowest BCUT2D eigenvalue weighted by molar-refractivity contribution is 0.294. The van der Waals surface area contributed by atoms with E-state index in [4.69, 9.17) is 4.74 Å². The summed E-state index contributed by atoms with van der Waals surface area (Å²) < 4.78 is 8.25. The molecule has 2 aromatic rings. The Morgan fingerprint density at radius 2 is 2.15 bits per heavy atom. The monoisotopic (exact) mass is 336 g/mol. The smallest absolute Gasteiger partial charge is 0.250 e. The molecule has 0 unspecified atom stereocenters. The Bertz CT molecular complexity index is 625. The Kier molecular flexibility index (Phi) is 5.38. The van der Waals surface area contributed by atoms with Gasteiger partial charge in [0.05, 0.1) is 11.0 Å². The Morgan fingerprint density at radius 1 is 1.30 bits per heavy atom. The molecule has 106 valence electrons. The highest BCUT2D eigenvalue weighted by Gasteiger charge is 2.03. The SMILES string of the molecule is CNCc1ccc(OCCn2ccccc2=O)c(Br)c1. The number of nitrogens with one attached hydrogen (secondary N) is 1. The molecule has 0 aliphatic heterocycles. The quantitative estimate of drug-likeness (QED) is 0.880. The van der Waals surface area contributed by atoms with Gasteiger partial charge in [0, 0.05) is 18.8 Å². The Hall–Kier alpha value is -1.59. The fourth-order valence-corrected chi connectivity index (χ4v) is 2.42. The van der Waals surface area contributed by atoms with Crippen LogP contribution in [0.4, 0.5) is 0 Å². The van der Waals surface area contributed by atoms with Crippen molar-refractivity contribution >= 4 is 15.9 Å². The third kappa shape index (κ3) is 3.95. The molecule has 5 heteroatoms. The van der Waals surface area contributed by atoms with Crippen LogP contribution in [0.3, 0.4) is 0 Å². The molecule has 0 radical (unpaired) electrons. The molecule has 0 saturated heterocycles. The summed E-state index contributed by atoms with van der Waals surface area (Å²) in [5.74, 6) is 0.786. The van der Waals surface area contributed by atoms with Crippen molar-refractivity contribution in [1.29, 1.82) is 0 Å². The van der Waals surface area contributed by atoms with Gasteiger partial charge < -0.3 is 14.6 Å². The molecule has 1 N–H and O–H groups in total. The summed E-state index contributed by atoms with van der Waals surface area (Å²) in [6.07, 6.45) is 1.76. The lowest BCUT2D eigenvalue weighted by Crippen LogP contribution is -2.21. The van der Waals surface area contributed by atoms with Crippen molar-refractivity contribution in [2.45, 2.75) is 13.1 Å². The summed E-state index contributed by atoms with van der Waals surface area (Å²) in [4.78, 5) is 11.5. The van der Waals surface area contributed by atoms with E-state index in [0.29, 0.717) is 13.2 Å². The number of pyridine rings is 1. The molecule has 4 nitrogen and oxygen atoms in total. The molecule has 0 bridgehead atoms. The highest BCUT2D eigenvalue weighted by atomic mass is 79.9. The molecule has 0 spiro atoms. The summed E-state index contributed by atoms with van der Waals surface area (Å²) >= 11 is 3.50.